The highest BCUT2D eigenvalue weighted by molar-refractivity contribution is 6.72. The largest absolute Gasteiger partial charge is 0.356 e. The zero-order valence-electron chi connectivity index (χ0n) is 18.6. The number of nitrogens with one attached hydrogen (secondary N) is 1. The number of fused-ring (bicyclic) bond motifs is 3. The van der Waals surface area contributed by atoms with Crippen LogP contribution in [0.1, 0.15) is 16.7 Å². The maximum absolute atomic E-state index is 3.71. The molecule has 5 aromatic rings. The lowest BCUT2D eigenvalue weighted by Gasteiger charge is -2.25. The van der Waals surface area contributed by atoms with Crippen LogP contribution in [0.2, 0.25) is 0 Å². The highest BCUT2D eigenvalue weighted by atomic mass is 15.0. The Hall–Kier alpha value is -3.72. The molecule has 4 aromatic carbocycles. The van der Waals surface area contributed by atoms with E-state index in [1.807, 2.05) is 0 Å². The fourth-order valence-electron chi connectivity index (χ4n) is 4.82. The molecule has 0 bridgehead atoms. The molecule has 0 atom stereocenters. The van der Waals surface area contributed by atoms with Gasteiger partial charge in [-0.3, -0.25) is 0 Å². The Bertz CT molecular complexity index is 1500. The van der Waals surface area contributed by atoms with Gasteiger partial charge in [0, 0.05) is 22.4 Å². The predicted octanol–water partition coefficient (Wildman–Crippen LogP) is 5.93. The molecule has 0 fully saturated rings. The lowest BCUT2D eigenvalue weighted by molar-refractivity contribution is 1.13. The number of para-hydroxylation sites is 1. The molecule has 0 saturated carbocycles. The first-order valence-electron chi connectivity index (χ1n) is 11.1. The Morgan fingerprint density at radius 2 is 1.44 bits per heavy atom. The van der Waals surface area contributed by atoms with E-state index >= 15 is 0 Å². The van der Waals surface area contributed by atoms with Crippen molar-refractivity contribution in [1.29, 1.82) is 0 Å². The summed E-state index contributed by atoms with van der Waals surface area (Å²) in [4.78, 5) is 0. The fourth-order valence-corrected chi connectivity index (χ4v) is 4.82. The van der Waals surface area contributed by atoms with Crippen LogP contribution in [0.5, 0.6) is 0 Å². The molecular formula is C29H24BN2. The summed E-state index contributed by atoms with van der Waals surface area (Å²) < 4.78 is 2.38. The van der Waals surface area contributed by atoms with Gasteiger partial charge in [-0.15, -0.1) is 0 Å². The van der Waals surface area contributed by atoms with Crippen molar-refractivity contribution in [2.75, 3.05) is 5.32 Å². The number of hydrogen-bond donors (Lipinski definition) is 1. The van der Waals surface area contributed by atoms with E-state index in [4.69, 9.17) is 0 Å². The summed E-state index contributed by atoms with van der Waals surface area (Å²) in [7, 11) is 2.32. The van der Waals surface area contributed by atoms with E-state index in [1.54, 1.807) is 0 Å². The highest BCUT2D eigenvalue weighted by Crippen LogP contribution is 2.33. The van der Waals surface area contributed by atoms with E-state index in [-0.39, 0.29) is 0 Å². The van der Waals surface area contributed by atoms with Crippen molar-refractivity contribution in [1.82, 2.24) is 4.57 Å². The van der Waals surface area contributed by atoms with Gasteiger partial charge in [0.15, 0.2) is 7.28 Å². The molecule has 0 spiro atoms. The SMILES string of the molecule is Cc1cc2c(cc1C)Nc1cc(-n3c(-c4ccccc4)cc4ccccc43)cc(C)c1[B]2. The summed E-state index contributed by atoms with van der Waals surface area (Å²) in [6.07, 6.45) is 0. The molecule has 153 valence electrons. The second-order valence-electron chi connectivity index (χ2n) is 8.81. The van der Waals surface area contributed by atoms with Crippen molar-refractivity contribution >= 4 is 40.5 Å². The van der Waals surface area contributed by atoms with Crippen LogP contribution in [0.25, 0.3) is 27.8 Å². The maximum Gasteiger partial charge on any atom is 0.197 e. The number of benzene rings is 4. The minimum absolute atomic E-state index is 1.16. The number of hydrogen-bond acceptors (Lipinski definition) is 1. The minimum Gasteiger partial charge on any atom is -0.356 e. The fraction of sp³-hybridized carbons (Fsp3) is 0.103. The van der Waals surface area contributed by atoms with Gasteiger partial charge in [0.05, 0.1) is 11.2 Å². The van der Waals surface area contributed by atoms with Gasteiger partial charge in [0.25, 0.3) is 0 Å². The zero-order chi connectivity index (χ0) is 21.8. The first-order valence-corrected chi connectivity index (χ1v) is 11.1. The quantitative estimate of drug-likeness (QED) is 0.349. The van der Waals surface area contributed by atoms with Gasteiger partial charge in [-0.05, 0) is 67.8 Å². The third-order valence-corrected chi connectivity index (χ3v) is 6.65. The van der Waals surface area contributed by atoms with Crippen molar-refractivity contribution in [3.05, 3.63) is 102 Å². The van der Waals surface area contributed by atoms with Gasteiger partial charge < -0.3 is 9.88 Å². The van der Waals surface area contributed by atoms with Crippen LogP contribution in [-0.2, 0) is 0 Å². The van der Waals surface area contributed by atoms with Crippen LogP contribution in [0.15, 0.2) is 84.9 Å². The summed E-state index contributed by atoms with van der Waals surface area (Å²) in [5.41, 5.74) is 13.6. The number of aromatic nitrogens is 1. The van der Waals surface area contributed by atoms with Gasteiger partial charge in [0.2, 0.25) is 0 Å². The van der Waals surface area contributed by atoms with Gasteiger partial charge >= 0.3 is 0 Å². The van der Waals surface area contributed by atoms with Crippen LogP contribution in [-0.4, -0.2) is 11.8 Å². The topological polar surface area (TPSA) is 17.0 Å². The average molecular weight is 411 g/mol. The minimum atomic E-state index is 1.16. The van der Waals surface area contributed by atoms with Crippen LogP contribution in [0.4, 0.5) is 11.4 Å². The molecule has 2 nitrogen and oxygen atoms in total. The van der Waals surface area contributed by atoms with E-state index in [0.717, 1.165) is 5.69 Å². The van der Waals surface area contributed by atoms with E-state index < -0.39 is 0 Å². The van der Waals surface area contributed by atoms with Crippen molar-refractivity contribution in [3.8, 4) is 16.9 Å². The van der Waals surface area contributed by atoms with E-state index in [9.17, 15) is 0 Å². The zero-order valence-corrected chi connectivity index (χ0v) is 18.6. The molecule has 3 heteroatoms. The number of nitrogens with zero attached hydrogens (tertiary/aromatic N) is 1. The Morgan fingerprint density at radius 1 is 0.688 bits per heavy atom. The van der Waals surface area contributed by atoms with Gasteiger partial charge in [-0.1, -0.05) is 71.1 Å². The van der Waals surface area contributed by atoms with Crippen LogP contribution >= 0.6 is 0 Å². The molecule has 1 aromatic heterocycles. The van der Waals surface area contributed by atoms with Crippen molar-refractivity contribution < 1.29 is 0 Å². The Labute approximate surface area is 189 Å². The average Bonchev–Trinajstić information content (AvgIpc) is 3.19. The van der Waals surface area contributed by atoms with Gasteiger partial charge in [-0.25, -0.2) is 0 Å². The van der Waals surface area contributed by atoms with E-state index in [0.29, 0.717) is 0 Å². The van der Waals surface area contributed by atoms with Crippen LogP contribution < -0.4 is 16.2 Å². The highest BCUT2D eigenvalue weighted by Gasteiger charge is 2.21. The summed E-state index contributed by atoms with van der Waals surface area (Å²) >= 11 is 0. The molecular weight excluding hydrogens is 387 g/mol. The standard InChI is InChI=1S/C29H24BN2/c1-18-14-24-25(15-19(18)2)31-26-17-23(13-20(3)29(26)30-24)32-27-12-8-7-11-22(27)16-28(32)21-9-5-4-6-10-21/h4-17,31H,1-3H3. The molecule has 0 unspecified atom stereocenters. The predicted molar refractivity (Wildman–Crippen MR) is 138 cm³/mol. The third kappa shape index (κ3) is 2.96. The molecule has 1 N–H and O–H groups in total. The normalized spacial score (nSPS) is 12.1. The molecule has 0 saturated heterocycles. The molecule has 2 heterocycles. The first-order chi connectivity index (χ1) is 15.6. The third-order valence-electron chi connectivity index (χ3n) is 6.65. The first kappa shape index (κ1) is 19.0. The van der Waals surface area contributed by atoms with E-state index in [2.05, 4.69) is 123 Å². The number of aryl methyl sites for hydroxylation is 3. The monoisotopic (exact) mass is 411 g/mol. The Balaban J connectivity index is 1.56. The second-order valence-corrected chi connectivity index (χ2v) is 8.81. The molecule has 6 rings (SSSR count). The maximum atomic E-state index is 3.71. The smallest absolute Gasteiger partial charge is 0.197 e. The molecule has 0 amide bonds. The number of anilines is 2. The summed E-state index contributed by atoms with van der Waals surface area (Å²) in [6, 6.07) is 30.7. The van der Waals surface area contributed by atoms with E-state index in [1.165, 1.54) is 61.2 Å². The van der Waals surface area contributed by atoms with Crippen LogP contribution in [0.3, 0.4) is 0 Å². The lowest BCUT2D eigenvalue weighted by Crippen LogP contribution is -2.37. The summed E-state index contributed by atoms with van der Waals surface area (Å²) in [6.45, 7) is 6.56. The summed E-state index contributed by atoms with van der Waals surface area (Å²) in [5.74, 6) is 0. The van der Waals surface area contributed by atoms with Crippen LogP contribution in [0, 0.1) is 20.8 Å². The summed E-state index contributed by atoms with van der Waals surface area (Å²) in [5, 5.41) is 4.96. The lowest BCUT2D eigenvalue weighted by atomic mass is 9.59. The van der Waals surface area contributed by atoms with Crippen molar-refractivity contribution in [3.63, 3.8) is 0 Å². The van der Waals surface area contributed by atoms with Gasteiger partial charge in [0.1, 0.15) is 0 Å². The molecule has 1 radical (unpaired) electrons. The molecule has 1 aliphatic heterocycles. The number of rotatable bonds is 2. The van der Waals surface area contributed by atoms with Gasteiger partial charge in [-0.2, -0.15) is 0 Å². The van der Waals surface area contributed by atoms with Crippen molar-refractivity contribution in [2.45, 2.75) is 20.8 Å². The Morgan fingerprint density at radius 3 is 2.28 bits per heavy atom. The molecule has 1 aliphatic rings. The molecule has 0 aliphatic carbocycles. The molecule has 32 heavy (non-hydrogen) atoms. The second kappa shape index (κ2) is 7.17. The Kier molecular flexibility index (Phi) is 4.26. The van der Waals surface area contributed by atoms with Crippen molar-refractivity contribution in [2.24, 2.45) is 0 Å².